The molecule has 3 atom stereocenters. The van der Waals surface area contributed by atoms with Crippen LogP contribution in [0, 0.1) is 11.8 Å². The Balaban J connectivity index is 1.28. The minimum Gasteiger partial charge on any atom is -0.370 e. The molecule has 158 valence electrons. The lowest BCUT2D eigenvalue weighted by Gasteiger charge is -2.29. The number of aromatic nitrogens is 1. The normalized spacial score (nSPS) is 21.9. The molecule has 2 fully saturated rings. The third-order valence-electron chi connectivity index (χ3n) is 6.67. The van der Waals surface area contributed by atoms with E-state index in [2.05, 4.69) is 22.0 Å². The molecule has 2 N–H and O–H groups in total. The Kier molecular flexibility index (Phi) is 5.16. The highest BCUT2D eigenvalue weighted by molar-refractivity contribution is 5.98. The highest BCUT2D eigenvalue weighted by Gasteiger charge is 2.43. The van der Waals surface area contributed by atoms with Crippen molar-refractivity contribution < 1.29 is 9.59 Å². The van der Waals surface area contributed by atoms with Crippen molar-refractivity contribution >= 4 is 22.7 Å². The van der Waals surface area contributed by atoms with Crippen LogP contribution in [0.3, 0.4) is 0 Å². The van der Waals surface area contributed by atoms with Gasteiger partial charge in [0.2, 0.25) is 5.91 Å². The molecule has 31 heavy (non-hydrogen) atoms. The summed E-state index contributed by atoms with van der Waals surface area (Å²) in [5.74, 6) is 0.646. The minimum absolute atomic E-state index is 0.00133. The Morgan fingerprint density at radius 2 is 1.71 bits per heavy atom. The van der Waals surface area contributed by atoms with Crippen LogP contribution >= 0.6 is 0 Å². The fourth-order valence-electron chi connectivity index (χ4n) is 5.16. The van der Waals surface area contributed by atoms with Crippen molar-refractivity contribution in [2.75, 3.05) is 26.2 Å². The van der Waals surface area contributed by atoms with Crippen molar-refractivity contribution in [3.63, 3.8) is 0 Å². The summed E-state index contributed by atoms with van der Waals surface area (Å²) in [6.45, 7) is 3.26. The molecule has 5 rings (SSSR count). The summed E-state index contributed by atoms with van der Waals surface area (Å²) in [6.07, 6.45) is 2.08. The van der Waals surface area contributed by atoms with Crippen LogP contribution in [0.15, 0.2) is 66.9 Å². The van der Waals surface area contributed by atoms with Gasteiger partial charge in [0.15, 0.2) is 0 Å². The lowest BCUT2D eigenvalue weighted by atomic mass is 10.0. The molecular weight excluding hydrogens is 388 g/mol. The molecule has 0 bridgehead atoms. The zero-order valence-electron chi connectivity index (χ0n) is 17.4. The molecule has 2 amide bonds. The van der Waals surface area contributed by atoms with Crippen molar-refractivity contribution in [1.82, 2.24) is 14.8 Å². The number of likely N-dealkylation sites (tertiary alicyclic amines) is 2. The van der Waals surface area contributed by atoms with E-state index in [-0.39, 0.29) is 17.9 Å². The van der Waals surface area contributed by atoms with Gasteiger partial charge in [-0.1, -0.05) is 36.4 Å². The summed E-state index contributed by atoms with van der Waals surface area (Å²) in [5.41, 5.74) is 8.29. The van der Waals surface area contributed by atoms with E-state index in [9.17, 15) is 9.59 Å². The summed E-state index contributed by atoms with van der Waals surface area (Å²) >= 11 is 0. The van der Waals surface area contributed by atoms with Crippen LogP contribution in [0.4, 0.5) is 0 Å². The van der Waals surface area contributed by atoms with Gasteiger partial charge >= 0.3 is 0 Å². The molecule has 6 nitrogen and oxygen atoms in total. The molecular formula is C25H26N4O2. The molecule has 6 heteroatoms. The van der Waals surface area contributed by atoms with Crippen LogP contribution in [0.5, 0.6) is 0 Å². The number of rotatable bonds is 5. The summed E-state index contributed by atoms with van der Waals surface area (Å²) < 4.78 is 0. The van der Waals surface area contributed by atoms with Gasteiger partial charge in [-0.2, -0.15) is 0 Å². The largest absolute Gasteiger partial charge is 0.370 e. The van der Waals surface area contributed by atoms with Gasteiger partial charge in [-0.05, 0) is 41.7 Å². The number of hydrogen-bond acceptors (Lipinski definition) is 4. The first-order valence-electron chi connectivity index (χ1n) is 10.8. The quantitative estimate of drug-likeness (QED) is 0.696. The Morgan fingerprint density at radius 1 is 0.968 bits per heavy atom. The number of fused-ring (bicyclic) bond motifs is 2. The second kappa shape index (κ2) is 8.12. The first-order valence-corrected chi connectivity index (χ1v) is 10.8. The van der Waals surface area contributed by atoms with Gasteiger partial charge in [-0.15, -0.1) is 0 Å². The van der Waals surface area contributed by atoms with Gasteiger partial charge in [-0.25, -0.2) is 0 Å². The fourth-order valence-corrected chi connectivity index (χ4v) is 5.16. The molecule has 2 saturated heterocycles. The SMILES string of the molecule is NC(=O)C[C@@H](c1ccccc1)N1CC2CN(C(=O)c3ccc4ncccc4c3)CC2C1. The average molecular weight is 415 g/mol. The zero-order valence-corrected chi connectivity index (χ0v) is 17.4. The molecule has 3 aromatic rings. The molecule has 0 spiro atoms. The number of pyridine rings is 1. The second-order valence-electron chi connectivity index (χ2n) is 8.69. The van der Waals surface area contributed by atoms with Crippen molar-refractivity contribution in [3.8, 4) is 0 Å². The number of benzene rings is 2. The predicted octanol–water partition coefficient (Wildman–Crippen LogP) is 2.86. The molecule has 1 aromatic heterocycles. The van der Waals surface area contributed by atoms with Crippen molar-refractivity contribution in [1.29, 1.82) is 0 Å². The molecule has 0 radical (unpaired) electrons. The number of carbonyl (C=O) groups excluding carboxylic acids is 2. The van der Waals surface area contributed by atoms with Crippen LogP contribution in [-0.2, 0) is 4.79 Å². The van der Waals surface area contributed by atoms with Gasteiger partial charge in [0.1, 0.15) is 0 Å². The van der Waals surface area contributed by atoms with Crippen LogP contribution in [-0.4, -0.2) is 52.8 Å². The minimum atomic E-state index is -0.284. The molecule has 3 heterocycles. The summed E-state index contributed by atoms with van der Waals surface area (Å²) in [4.78, 5) is 33.5. The number of carbonyl (C=O) groups is 2. The highest BCUT2D eigenvalue weighted by Crippen LogP contribution is 2.37. The smallest absolute Gasteiger partial charge is 0.253 e. The number of nitrogens with zero attached hydrogens (tertiary/aromatic N) is 3. The third kappa shape index (κ3) is 3.91. The van der Waals surface area contributed by atoms with Gasteiger partial charge in [0.25, 0.3) is 5.91 Å². The van der Waals surface area contributed by atoms with Crippen LogP contribution in [0.1, 0.15) is 28.4 Å². The first-order chi connectivity index (χ1) is 15.1. The van der Waals surface area contributed by atoms with Crippen molar-refractivity contribution in [3.05, 3.63) is 78.0 Å². The number of primary amides is 1. The van der Waals surface area contributed by atoms with E-state index in [4.69, 9.17) is 5.73 Å². The van der Waals surface area contributed by atoms with Crippen molar-refractivity contribution in [2.45, 2.75) is 12.5 Å². The van der Waals surface area contributed by atoms with Crippen LogP contribution in [0.2, 0.25) is 0 Å². The van der Waals surface area contributed by atoms with Crippen LogP contribution in [0.25, 0.3) is 10.9 Å². The monoisotopic (exact) mass is 414 g/mol. The Labute approximate surface area is 181 Å². The Hall–Kier alpha value is -3.25. The van der Waals surface area contributed by atoms with E-state index in [1.807, 2.05) is 53.4 Å². The first kappa shape index (κ1) is 19.7. The molecule has 2 aliphatic heterocycles. The summed E-state index contributed by atoms with van der Waals surface area (Å²) in [5, 5.41) is 0.982. The summed E-state index contributed by atoms with van der Waals surface area (Å²) in [7, 11) is 0. The highest BCUT2D eigenvalue weighted by atomic mass is 16.2. The van der Waals surface area contributed by atoms with E-state index < -0.39 is 0 Å². The Morgan fingerprint density at radius 3 is 2.42 bits per heavy atom. The van der Waals surface area contributed by atoms with Gasteiger partial charge in [0, 0.05) is 55.8 Å². The number of hydrogen-bond donors (Lipinski definition) is 1. The molecule has 0 saturated carbocycles. The van der Waals surface area contributed by atoms with Gasteiger partial charge in [-0.3, -0.25) is 19.5 Å². The lowest BCUT2D eigenvalue weighted by molar-refractivity contribution is -0.119. The number of amides is 2. The molecule has 2 aromatic carbocycles. The second-order valence-corrected chi connectivity index (χ2v) is 8.69. The van der Waals surface area contributed by atoms with E-state index in [0.29, 0.717) is 23.8 Å². The third-order valence-corrected chi connectivity index (χ3v) is 6.67. The molecule has 2 unspecified atom stereocenters. The molecule has 2 aliphatic rings. The van der Waals surface area contributed by atoms with E-state index in [1.165, 1.54) is 0 Å². The standard InChI is InChI=1S/C25H26N4O2/c26-24(30)12-23(17-5-2-1-3-6-17)28-13-20-15-29(16-21(20)14-28)25(31)19-8-9-22-18(11-19)7-4-10-27-22/h1-11,20-21,23H,12-16H2,(H2,26,30)/t20?,21?,23-/m0/s1. The van der Waals surface area contributed by atoms with E-state index in [1.54, 1.807) is 6.20 Å². The molecule has 0 aliphatic carbocycles. The lowest BCUT2D eigenvalue weighted by Crippen LogP contribution is -2.35. The number of nitrogens with two attached hydrogens (primary N) is 1. The topological polar surface area (TPSA) is 79.5 Å². The Bertz CT molecular complexity index is 1100. The zero-order chi connectivity index (χ0) is 21.4. The van der Waals surface area contributed by atoms with Gasteiger partial charge < -0.3 is 10.6 Å². The van der Waals surface area contributed by atoms with E-state index in [0.717, 1.165) is 42.6 Å². The maximum atomic E-state index is 13.1. The maximum absolute atomic E-state index is 13.1. The average Bonchev–Trinajstić information content (AvgIpc) is 3.36. The summed E-state index contributed by atoms with van der Waals surface area (Å²) in [6, 6.07) is 19.7. The predicted molar refractivity (Wildman–Crippen MR) is 119 cm³/mol. The van der Waals surface area contributed by atoms with Crippen molar-refractivity contribution in [2.24, 2.45) is 17.6 Å². The van der Waals surface area contributed by atoms with E-state index >= 15 is 0 Å². The van der Waals surface area contributed by atoms with Gasteiger partial charge in [0.05, 0.1) is 5.52 Å². The van der Waals surface area contributed by atoms with Crippen LogP contribution < -0.4 is 5.73 Å². The fraction of sp³-hybridized carbons (Fsp3) is 0.320. The maximum Gasteiger partial charge on any atom is 0.253 e.